The van der Waals surface area contributed by atoms with E-state index < -0.39 is 5.82 Å². The van der Waals surface area contributed by atoms with Gasteiger partial charge in [0.2, 0.25) is 0 Å². The molecule has 1 aromatic carbocycles. The summed E-state index contributed by atoms with van der Waals surface area (Å²) in [5.74, 6) is -0.273. The van der Waals surface area contributed by atoms with Crippen molar-refractivity contribution >= 4 is 11.6 Å². The molecule has 0 amide bonds. The van der Waals surface area contributed by atoms with Crippen LogP contribution in [0.5, 0.6) is 0 Å². The molecule has 16 heavy (non-hydrogen) atoms. The van der Waals surface area contributed by atoms with Crippen LogP contribution in [0.3, 0.4) is 0 Å². The van der Waals surface area contributed by atoms with Crippen molar-refractivity contribution in [1.82, 2.24) is 5.32 Å². The van der Waals surface area contributed by atoms with Gasteiger partial charge < -0.3 is 10.4 Å². The monoisotopic (exact) mass is 243 g/mol. The topological polar surface area (TPSA) is 32.3 Å². The highest BCUT2D eigenvalue weighted by Crippen LogP contribution is 2.24. The van der Waals surface area contributed by atoms with Crippen LogP contribution in [0.1, 0.15) is 12.0 Å². The molecule has 88 valence electrons. The molecule has 2 rings (SSSR count). The normalized spacial score (nSPS) is 25.7. The Morgan fingerprint density at radius 3 is 3.06 bits per heavy atom. The number of piperidine rings is 1. The quantitative estimate of drug-likeness (QED) is 0.833. The van der Waals surface area contributed by atoms with Crippen molar-refractivity contribution in [1.29, 1.82) is 0 Å². The Kier molecular flexibility index (Phi) is 3.79. The maximum Gasteiger partial charge on any atom is 0.142 e. The van der Waals surface area contributed by atoms with Gasteiger partial charge in [-0.1, -0.05) is 23.7 Å². The third-order valence-electron chi connectivity index (χ3n) is 3.08. The summed E-state index contributed by atoms with van der Waals surface area (Å²) >= 11 is 5.88. The molecule has 1 heterocycles. The maximum absolute atomic E-state index is 13.2. The largest absolute Gasteiger partial charge is 0.393 e. The molecule has 1 saturated heterocycles. The molecule has 1 aromatic rings. The Morgan fingerprint density at radius 2 is 2.31 bits per heavy atom. The summed E-state index contributed by atoms with van der Waals surface area (Å²) in [6.45, 7) is 1.60. The third kappa shape index (κ3) is 2.54. The fourth-order valence-electron chi connectivity index (χ4n) is 2.11. The van der Waals surface area contributed by atoms with Gasteiger partial charge in [0, 0.05) is 12.5 Å². The first kappa shape index (κ1) is 11.8. The first-order valence-corrected chi connectivity index (χ1v) is 5.88. The summed E-state index contributed by atoms with van der Waals surface area (Å²) in [5, 5.41) is 13.2. The number of aliphatic hydroxyl groups is 1. The molecule has 0 radical (unpaired) electrons. The summed E-state index contributed by atoms with van der Waals surface area (Å²) in [6.07, 6.45) is 1.04. The van der Waals surface area contributed by atoms with E-state index in [0.29, 0.717) is 6.42 Å². The van der Waals surface area contributed by atoms with Gasteiger partial charge in [0.05, 0.1) is 11.1 Å². The highest BCUT2D eigenvalue weighted by atomic mass is 35.5. The fraction of sp³-hybridized carbons (Fsp3) is 0.500. The van der Waals surface area contributed by atoms with Crippen LogP contribution in [0.4, 0.5) is 4.39 Å². The van der Waals surface area contributed by atoms with E-state index in [4.69, 9.17) is 11.6 Å². The van der Waals surface area contributed by atoms with Gasteiger partial charge in [-0.25, -0.2) is 4.39 Å². The van der Waals surface area contributed by atoms with Crippen molar-refractivity contribution in [3.05, 3.63) is 34.6 Å². The van der Waals surface area contributed by atoms with E-state index >= 15 is 0 Å². The lowest BCUT2D eigenvalue weighted by molar-refractivity contribution is 0.0791. The van der Waals surface area contributed by atoms with Crippen LogP contribution in [0.15, 0.2) is 18.2 Å². The molecule has 0 bridgehead atoms. The standard InChI is InChI=1S/C12H15ClFNO/c13-12-8(2-1-3-10(12)14)6-9-7-15-5-4-11(9)16/h1-3,9,11,15-16H,4-7H2. The Bertz CT molecular complexity index is 372. The molecule has 0 aromatic heterocycles. The minimum Gasteiger partial charge on any atom is -0.393 e. The van der Waals surface area contributed by atoms with E-state index in [-0.39, 0.29) is 17.0 Å². The molecular formula is C12H15ClFNO. The van der Waals surface area contributed by atoms with Crippen LogP contribution in [-0.2, 0) is 6.42 Å². The van der Waals surface area contributed by atoms with Crippen LogP contribution in [0.25, 0.3) is 0 Å². The van der Waals surface area contributed by atoms with E-state index in [9.17, 15) is 9.50 Å². The number of nitrogens with one attached hydrogen (secondary N) is 1. The van der Waals surface area contributed by atoms with Crippen molar-refractivity contribution in [2.75, 3.05) is 13.1 Å². The molecule has 2 N–H and O–H groups in total. The van der Waals surface area contributed by atoms with E-state index in [1.54, 1.807) is 6.07 Å². The minimum absolute atomic E-state index is 0.119. The van der Waals surface area contributed by atoms with E-state index in [1.807, 2.05) is 6.07 Å². The van der Waals surface area contributed by atoms with Gasteiger partial charge >= 0.3 is 0 Å². The van der Waals surface area contributed by atoms with Crippen molar-refractivity contribution in [2.45, 2.75) is 18.9 Å². The smallest absolute Gasteiger partial charge is 0.142 e. The molecule has 2 atom stereocenters. The second-order valence-electron chi connectivity index (χ2n) is 4.24. The van der Waals surface area contributed by atoms with E-state index in [1.165, 1.54) is 6.07 Å². The van der Waals surface area contributed by atoms with Crippen LogP contribution < -0.4 is 5.32 Å². The molecule has 1 fully saturated rings. The zero-order valence-electron chi connectivity index (χ0n) is 8.92. The van der Waals surface area contributed by atoms with Gasteiger partial charge in [0.15, 0.2) is 0 Å². The van der Waals surface area contributed by atoms with Crippen molar-refractivity contribution in [3.63, 3.8) is 0 Å². The van der Waals surface area contributed by atoms with Crippen molar-refractivity contribution < 1.29 is 9.50 Å². The number of hydrogen-bond donors (Lipinski definition) is 2. The Morgan fingerprint density at radius 1 is 1.50 bits per heavy atom. The van der Waals surface area contributed by atoms with Crippen LogP contribution in [-0.4, -0.2) is 24.3 Å². The highest BCUT2D eigenvalue weighted by Gasteiger charge is 2.23. The second-order valence-corrected chi connectivity index (χ2v) is 4.62. The van der Waals surface area contributed by atoms with Crippen LogP contribution in [0, 0.1) is 11.7 Å². The molecule has 0 aliphatic carbocycles. The molecule has 4 heteroatoms. The summed E-state index contributed by atoms with van der Waals surface area (Å²) in [5.41, 5.74) is 0.773. The van der Waals surface area contributed by atoms with E-state index in [2.05, 4.69) is 5.32 Å². The summed E-state index contributed by atoms with van der Waals surface area (Å²) in [6, 6.07) is 4.81. The minimum atomic E-state index is -0.391. The third-order valence-corrected chi connectivity index (χ3v) is 3.50. The first-order chi connectivity index (χ1) is 7.68. The molecular weight excluding hydrogens is 229 g/mol. The average Bonchev–Trinajstić information content (AvgIpc) is 2.28. The zero-order valence-corrected chi connectivity index (χ0v) is 9.67. The molecule has 0 saturated carbocycles. The highest BCUT2D eigenvalue weighted by molar-refractivity contribution is 6.31. The Balaban J connectivity index is 2.10. The predicted octanol–water partition coefficient (Wildman–Crippen LogP) is 1.99. The van der Waals surface area contributed by atoms with Gasteiger partial charge in [0.1, 0.15) is 5.82 Å². The number of halogens is 2. The van der Waals surface area contributed by atoms with Gasteiger partial charge in [-0.15, -0.1) is 0 Å². The molecule has 1 aliphatic heterocycles. The van der Waals surface area contributed by atoms with Crippen LogP contribution in [0.2, 0.25) is 5.02 Å². The number of rotatable bonds is 2. The fourth-order valence-corrected chi connectivity index (χ4v) is 2.31. The number of aliphatic hydroxyl groups excluding tert-OH is 1. The lowest BCUT2D eigenvalue weighted by atomic mass is 9.90. The Hall–Kier alpha value is -0.640. The molecule has 2 unspecified atom stereocenters. The summed E-state index contributed by atoms with van der Waals surface area (Å²) < 4.78 is 13.2. The van der Waals surface area contributed by atoms with E-state index in [0.717, 1.165) is 25.1 Å². The predicted molar refractivity (Wildman–Crippen MR) is 62.1 cm³/mol. The first-order valence-electron chi connectivity index (χ1n) is 5.50. The average molecular weight is 244 g/mol. The lowest BCUT2D eigenvalue weighted by Gasteiger charge is -2.28. The number of benzene rings is 1. The number of hydrogen-bond acceptors (Lipinski definition) is 2. The van der Waals surface area contributed by atoms with Gasteiger partial charge in [-0.2, -0.15) is 0 Å². The van der Waals surface area contributed by atoms with Gasteiger partial charge in [-0.3, -0.25) is 0 Å². The van der Waals surface area contributed by atoms with Crippen molar-refractivity contribution in [2.24, 2.45) is 5.92 Å². The van der Waals surface area contributed by atoms with Crippen LogP contribution >= 0.6 is 11.6 Å². The van der Waals surface area contributed by atoms with Gasteiger partial charge in [0.25, 0.3) is 0 Å². The molecule has 1 aliphatic rings. The lowest BCUT2D eigenvalue weighted by Crippen LogP contribution is -2.40. The summed E-state index contributed by atoms with van der Waals surface area (Å²) in [4.78, 5) is 0. The molecule has 0 spiro atoms. The molecule has 2 nitrogen and oxygen atoms in total. The maximum atomic E-state index is 13.2. The zero-order chi connectivity index (χ0) is 11.5. The Labute approximate surface area is 99.4 Å². The second kappa shape index (κ2) is 5.13. The SMILES string of the molecule is OC1CCNCC1Cc1cccc(F)c1Cl. The summed E-state index contributed by atoms with van der Waals surface area (Å²) in [7, 11) is 0. The van der Waals surface area contributed by atoms with Crippen molar-refractivity contribution in [3.8, 4) is 0 Å². The van der Waals surface area contributed by atoms with Gasteiger partial charge in [-0.05, 0) is 31.0 Å².